The molecule has 0 spiro atoms. The molecule has 5 rings (SSSR count). The molecule has 0 aromatic carbocycles. The fourth-order valence-corrected chi connectivity index (χ4v) is 4.73. The fourth-order valence-electron chi connectivity index (χ4n) is 4.73. The smallest absolute Gasteiger partial charge is 0.273 e. The molecule has 1 fully saturated rings. The SMILES string of the molecule is Cc1nc2ccccn2c1C(=O)N1CCCC1Cn1nc2c(cc1=O)CCCC2. The van der Waals surface area contributed by atoms with Crippen LogP contribution in [0.25, 0.3) is 5.65 Å². The van der Waals surface area contributed by atoms with Gasteiger partial charge in [-0.25, -0.2) is 9.67 Å². The van der Waals surface area contributed by atoms with Crippen LogP contribution in [0, 0.1) is 6.92 Å². The Morgan fingerprint density at radius 2 is 2.07 bits per heavy atom. The zero-order valence-electron chi connectivity index (χ0n) is 16.7. The van der Waals surface area contributed by atoms with Crippen molar-refractivity contribution in [2.75, 3.05) is 6.54 Å². The Morgan fingerprint density at radius 1 is 1.21 bits per heavy atom. The zero-order chi connectivity index (χ0) is 20.0. The predicted molar refractivity (Wildman–Crippen MR) is 109 cm³/mol. The van der Waals surface area contributed by atoms with E-state index in [1.54, 1.807) is 10.7 Å². The molecule has 0 bridgehead atoms. The van der Waals surface area contributed by atoms with E-state index in [0.29, 0.717) is 18.8 Å². The number of carbonyl (C=O) groups is 1. The molecule has 0 saturated carbocycles. The fraction of sp³-hybridized carbons (Fsp3) is 0.455. The highest BCUT2D eigenvalue weighted by molar-refractivity contribution is 5.95. The quantitative estimate of drug-likeness (QED) is 0.687. The van der Waals surface area contributed by atoms with Crippen molar-refractivity contribution in [1.29, 1.82) is 0 Å². The first-order valence-electron chi connectivity index (χ1n) is 10.5. The standard InChI is InChI=1S/C22H25N5O2/c1-15-21(26-11-5-4-10-19(26)23-15)22(29)25-12-6-8-17(25)14-27-20(28)13-16-7-2-3-9-18(16)24-27/h4-5,10-11,13,17H,2-3,6-9,12,14H2,1H3. The third-order valence-corrected chi connectivity index (χ3v) is 6.20. The number of fused-ring (bicyclic) bond motifs is 2. The van der Waals surface area contributed by atoms with Gasteiger partial charge in [0.2, 0.25) is 0 Å². The maximum atomic E-state index is 13.4. The molecule has 2 aliphatic rings. The minimum atomic E-state index is -0.0593. The van der Waals surface area contributed by atoms with Crippen molar-refractivity contribution in [3.63, 3.8) is 0 Å². The molecule has 29 heavy (non-hydrogen) atoms. The molecule has 1 unspecified atom stereocenters. The highest BCUT2D eigenvalue weighted by Gasteiger charge is 2.33. The molecular weight excluding hydrogens is 366 g/mol. The van der Waals surface area contributed by atoms with Gasteiger partial charge in [-0.15, -0.1) is 0 Å². The van der Waals surface area contributed by atoms with Crippen LogP contribution in [0.15, 0.2) is 35.3 Å². The molecule has 0 N–H and O–H groups in total. The number of carbonyl (C=O) groups excluding carboxylic acids is 1. The van der Waals surface area contributed by atoms with Gasteiger partial charge in [-0.2, -0.15) is 5.10 Å². The van der Waals surface area contributed by atoms with Crippen molar-refractivity contribution in [3.8, 4) is 0 Å². The van der Waals surface area contributed by atoms with E-state index in [9.17, 15) is 9.59 Å². The summed E-state index contributed by atoms with van der Waals surface area (Å²) in [4.78, 5) is 32.4. The zero-order valence-corrected chi connectivity index (χ0v) is 16.7. The van der Waals surface area contributed by atoms with Crippen molar-refractivity contribution in [2.24, 2.45) is 0 Å². The molecule has 1 aliphatic carbocycles. The van der Waals surface area contributed by atoms with Gasteiger partial charge in [-0.05, 0) is 63.1 Å². The number of likely N-dealkylation sites (tertiary alicyclic amines) is 1. The van der Waals surface area contributed by atoms with Crippen LogP contribution in [0.1, 0.15) is 53.1 Å². The minimum Gasteiger partial charge on any atom is -0.332 e. The lowest BCUT2D eigenvalue weighted by molar-refractivity contribution is 0.0712. The molecular formula is C22H25N5O2. The molecule has 3 aromatic rings. The second-order valence-corrected chi connectivity index (χ2v) is 8.11. The van der Waals surface area contributed by atoms with Gasteiger partial charge < -0.3 is 4.90 Å². The van der Waals surface area contributed by atoms with Gasteiger partial charge in [0.25, 0.3) is 11.5 Å². The van der Waals surface area contributed by atoms with Crippen molar-refractivity contribution >= 4 is 11.6 Å². The first-order valence-corrected chi connectivity index (χ1v) is 10.5. The Bertz CT molecular complexity index is 1150. The van der Waals surface area contributed by atoms with Crippen molar-refractivity contribution in [1.82, 2.24) is 24.1 Å². The Kier molecular flexibility index (Phi) is 4.45. The number of pyridine rings is 1. The van der Waals surface area contributed by atoms with Gasteiger partial charge >= 0.3 is 0 Å². The van der Waals surface area contributed by atoms with Crippen LogP contribution in [0.5, 0.6) is 0 Å². The van der Waals surface area contributed by atoms with E-state index in [1.807, 2.05) is 40.6 Å². The van der Waals surface area contributed by atoms with Gasteiger partial charge in [0.15, 0.2) is 0 Å². The number of aromatic nitrogens is 4. The van der Waals surface area contributed by atoms with E-state index in [2.05, 4.69) is 10.1 Å². The molecule has 150 valence electrons. The lowest BCUT2D eigenvalue weighted by atomic mass is 9.97. The van der Waals surface area contributed by atoms with Crippen molar-refractivity contribution in [3.05, 3.63) is 63.5 Å². The number of nitrogens with zero attached hydrogens (tertiary/aromatic N) is 5. The lowest BCUT2D eigenvalue weighted by Crippen LogP contribution is -2.41. The number of amides is 1. The molecule has 3 aromatic heterocycles. The summed E-state index contributed by atoms with van der Waals surface area (Å²) < 4.78 is 3.43. The molecule has 1 aliphatic heterocycles. The summed E-state index contributed by atoms with van der Waals surface area (Å²) in [6.07, 6.45) is 7.83. The molecule has 7 heteroatoms. The molecule has 1 saturated heterocycles. The van der Waals surface area contributed by atoms with E-state index < -0.39 is 0 Å². The Labute approximate surface area is 169 Å². The normalized spacial score (nSPS) is 18.9. The molecule has 4 heterocycles. The van der Waals surface area contributed by atoms with Crippen LogP contribution >= 0.6 is 0 Å². The second-order valence-electron chi connectivity index (χ2n) is 8.11. The summed E-state index contributed by atoms with van der Waals surface area (Å²) in [5.74, 6) is -0.0188. The lowest BCUT2D eigenvalue weighted by Gasteiger charge is -2.25. The van der Waals surface area contributed by atoms with E-state index in [-0.39, 0.29) is 17.5 Å². The first kappa shape index (κ1) is 18.1. The van der Waals surface area contributed by atoms with Crippen LogP contribution in [0.3, 0.4) is 0 Å². The Hall–Kier alpha value is -2.96. The summed E-state index contributed by atoms with van der Waals surface area (Å²) in [6, 6.07) is 7.45. The molecule has 1 atom stereocenters. The van der Waals surface area contributed by atoms with E-state index in [0.717, 1.165) is 61.1 Å². The van der Waals surface area contributed by atoms with Crippen LogP contribution in [0.2, 0.25) is 0 Å². The second kappa shape index (κ2) is 7.13. The number of aryl methyl sites for hydroxylation is 3. The van der Waals surface area contributed by atoms with E-state index >= 15 is 0 Å². The van der Waals surface area contributed by atoms with Gasteiger partial charge in [0, 0.05) is 18.8 Å². The van der Waals surface area contributed by atoms with Crippen molar-refractivity contribution in [2.45, 2.75) is 58.0 Å². The van der Waals surface area contributed by atoms with Crippen LogP contribution in [-0.2, 0) is 19.4 Å². The number of imidazole rings is 1. The highest BCUT2D eigenvalue weighted by Crippen LogP contribution is 2.24. The first-order chi connectivity index (χ1) is 14.1. The van der Waals surface area contributed by atoms with Crippen LogP contribution < -0.4 is 5.56 Å². The Morgan fingerprint density at radius 3 is 2.97 bits per heavy atom. The highest BCUT2D eigenvalue weighted by atomic mass is 16.2. The average molecular weight is 391 g/mol. The molecule has 0 radical (unpaired) electrons. The van der Waals surface area contributed by atoms with Crippen molar-refractivity contribution < 1.29 is 4.79 Å². The monoisotopic (exact) mass is 391 g/mol. The summed E-state index contributed by atoms with van der Waals surface area (Å²) >= 11 is 0. The maximum absolute atomic E-state index is 13.4. The van der Waals surface area contributed by atoms with Gasteiger partial charge in [-0.3, -0.25) is 14.0 Å². The van der Waals surface area contributed by atoms with Gasteiger partial charge in [0.05, 0.1) is 24.0 Å². The predicted octanol–water partition coefficient (Wildman–Crippen LogP) is 2.38. The van der Waals surface area contributed by atoms with Gasteiger partial charge in [0.1, 0.15) is 11.3 Å². The third kappa shape index (κ3) is 3.14. The maximum Gasteiger partial charge on any atom is 0.273 e. The van der Waals surface area contributed by atoms with E-state index in [4.69, 9.17) is 0 Å². The number of hydrogen-bond donors (Lipinski definition) is 0. The van der Waals surface area contributed by atoms with Crippen LogP contribution in [0.4, 0.5) is 0 Å². The largest absolute Gasteiger partial charge is 0.332 e. The van der Waals surface area contributed by atoms with E-state index in [1.165, 1.54) is 0 Å². The number of hydrogen-bond acceptors (Lipinski definition) is 4. The summed E-state index contributed by atoms with van der Waals surface area (Å²) in [7, 11) is 0. The molecule has 7 nitrogen and oxygen atoms in total. The summed E-state index contributed by atoms with van der Waals surface area (Å²) in [5.41, 5.74) is 4.20. The summed E-state index contributed by atoms with van der Waals surface area (Å²) in [6.45, 7) is 3.02. The number of rotatable bonds is 3. The average Bonchev–Trinajstić information content (AvgIpc) is 3.31. The molecule has 1 amide bonds. The van der Waals surface area contributed by atoms with Gasteiger partial charge in [-0.1, -0.05) is 6.07 Å². The Balaban J connectivity index is 1.44. The van der Waals surface area contributed by atoms with Crippen LogP contribution in [-0.4, -0.2) is 42.6 Å². The minimum absolute atomic E-state index is 0.0188. The topological polar surface area (TPSA) is 72.5 Å². The third-order valence-electron chi connectivity index (χ3n) is 6.20. The summed E-state index contributed by atoms with van der Waals surface area (Å²) in [5, 5.41) is 4.65.